The SMILES string of the molecule is CCCCOC(=O)C[C@@H](O)C[C@H](O)[C@H](CO[Si](C)(C)C(C)(C)C)NC(=O)OCc1ccccc1. The summed E-state index contributed by atoms with van der Waals surface area (Å²) in [5, 5.41) is 23.7. The number of hydrogen-bond donors (Lipinski definition) is 3. The molecule has 3 N–H and O–H groups in total. The summed E-state index contributed by atoms with van der Waals surface area (Å²) in [4.78, 5) is 24.3. The molecule has 0 heterocycles. The highest BCUT2D eigenvalue weighted by atomic mass is 28.4. The Balaban J connectivity index is 2.74. The van der Waals surface area contributed by atoms with Gasteiger partial charge in [-0.3, -0.25) is 4.79 Å². The summed E-state index contributed by atoms with van der Waals surface area (Å²) < 4.78 is 16.6. The molecule has 0 radical (unpaired) electrons. The molecule has 0 spiro atoms. The van der Waals surface area contributed by atoms with Crippen molar-refractivity contribution in [3.05, 3.63) is 35.9 Å². The van der Waals surface area contributed by atoms with Crippen molar-refractivity contribution in [1.29, 1.82) is 0 Å². The van der Waals surface area contributed by atoms with Crippen LogP contribution in [0.5, 0.6) is 0 Å². The minimum Gasteiger partial charge on any atom is -0.466 e. The number of aliphatic hydroxyl groups is 2. The van der Waals surface area contributed by atoms with Crippen molar-refractivity contribution in [3.8, 4) is 0 Å². The van der Waals surface area contributed by atoms with Crippen LogP contribution in [0.25, 0.3) is 0 Å². The Hall–Kier alpha value is -1.94. The van der Waals surface area contributed by atoms with Gasteiger partial charge in [0.15, 0.2) is 8.32 Å². The number of nitrogens with one attached hydrogen (secondary N) is 1. The van der Waals surface area contributed by atoms with E-state index in [1.807, 2.05) is 37.3 Å². The highest BCUT2D eigenvalue weighted by molar-refractivity contribution is 6.74. The lowest BCUT2D eigenvalue weighted by Crippen LogP contribution is -2.51. The van der Waals surface area contributed by atoms with Gasteiger partial charge in [-0.1, -0.05) is 64.4 Å². The van der Waals surface area contributed by atoms with Crippen LogP contribution in [-0.2, 0) is 25.3 Å². The van der Waals surface area contributed by atoms with Crippen molar-refractivity contribution in [3.63, 3.8) is 0 Å². The Morgan fingerprint density at radius 1 is 1.09 bits per heavy atom. The first-order chi connectivity index (χ1) is 15.9. The summed E-state index contributed by atoms with van der Waals surface area (Å²) in [5.74, 6) is -0.516. The molecule has 1 aromatic carbocycles. The van der Waals surface area contributed by atoms with Gasteiger partial charge in [0, 0.05) is 6.42 Å². The molecule has 0 saturated heterocycles. The highest BCUT2D eigenvalue weighted by Crippen LogP contribution is 2.36. The van der Waals surface area contributed by atoms with Crippen LogP contribution >= 0.6 is 0 Å². The van der Waals surface area contributed by atoms with Crippen molar-refractivity contribution in [2.75, 3.05) is 13.2 Å². The summed E-state index contributed by atoms with van der Waals surface area (Å²) in [6, 6.07) is 8.45. The van der Waals surface area contributed by atoms with Crippen LogP contribution in [0.3, 0.4) is 0 Å². The van der Waals surface area contributed by atoms with Crippen molar-refractivity contribution in [2.24, 2.45) is 0 Å². The first kappa shape index (κ1) is 30.1. The van der Waals surface area contributed by atoms with E-state index in [-0.39, 0.29) is 31.1 Å². The standard InChI is InChI=1S/C25H43NO7Si/c1-7-8-14-31-23(29)16-20(27)15-22(28)21(18-33-34(5,6)25(2,3)4)26-24(30)32-17-19-12-10-9-11-13-19/h9-13,20-22,27-28H,7-8,14-18H2,1-6H3,(H,26,30)/t20-,21-,22-/m0/s1. The fourth-order valence-electron chi connectivity index (χ4n) is 2.79. The van der Waals surface area contributed by atoms with Gasteiger partial charge in [-0.15, -0.1) is 0 Å². The highest BCUT2D eigenvalue weighted by Gasteiger charge is 2.38. The lowest BCUT2D eigenvalue weighted by atomic mass is 10.0. The van der Waals surface area contributed by atoms with E-state index in [4.69, 9.17) is 13.9 Å². The van der Waals surface area contributed by atoms with Crippen LogP contribution in [0.15, 0.2) is 30.3 Å². The van der Waals surface area contributed by atoms with Gasteiger partial charge in [0.05, 0.1) is 37.9 Å². The Morgan fingerprint density at radius 3 is 2.32 bits per heavy atom. The molecule has 0 aliphatic rings. The zero-order chi connectivity index (χ0) is 25.8. The van der Waals surface area contributed by atoms with Crippen molar-refractivity contribution >= 4 is 20.4 Å². The van der Waals surface area contributed by atoms with Crippen LogP contribution in [0.1, 0.15) is 58.9 Å². The average molecular weight is 498 g/mol. The molecule has 3 atom stereocenters. The summed E-state index contributed by atoms with van der Waals surface area (Å²) in [5.41, 5.74) is 0.837. The van der Waals surface area contributed by atoms with Gasteiger partial charge >= 0.3 is 12.1 Å². The number of aliphatic hydroxyl groups excluding tert-OH is 2. The summed E-state index contributed by atoms with van der Waals surface area (Å²) in [6.45, 7) is 12.9. The molecule has 0 aromatic heterocycles. The van der Waals surface area contributed by atoms with Crippen molar-refractivity contribution in [2.45, 2.75) is 96.4 Å². The Labute approximate surface area is 205 Å². The van der Waals surface area contributed by atoms with E-state index in [9.17, 15) is 19.8 Å². The molecule has 194 valence electrons. The fourth-order valence-corrected chi connectivity index (χ4v) is 3.82. The van der Waals surface area contributed by atoms with E-state index in [1.165, 1.54) is 0 Å². The molecule has 0 unspecified atom stereocenters. The van der Waals surface area contributed by atoms with Gasteiger partial charge in [0.1, 0.15) is 6.61 Å². The van der Waals surface area contributed by atoms with Gasteiger partial charge in [-0.2, -0.15) is 0 Å². The number of rotatable bonds is 14. The van der Waals surface area contributed by atoms with Crippen LogP contribution in [0, 0.1) is 0 Å². The third-order valence-electron chi connectivity index (χ3n) is 6.09. The fraction of sp³-hybridized carbons (Fsp3) is 0.680. The molecule has 1 amide bonds. The third kappa shape index (κ3) is 11.5. The van der Waals surface area contributed by atoms with E-state index >= 15 is 0 Å². The van der Waals surface area contributed by atoms with Gasteiger partial charge in [0.25, 0.3) is 0 Å². The summed E-state index contributed by atoms with van der Waals surface area (Å²) in [7, 11) is -2.16. The second-order valence-corrected chi connectivity index (χ2v) is 14.9. The first-order valence-corrected chi connectivity index (χ1v) is 14.9. The largest absolute Gasteiger partial charge is 0.466 e. The second-order valence-electron chi connectivity index (χ2n) is 10.1. The number of alkyl carbamates (subject to hydrolysis) is 1. The molecule has 1 aromatic rings. The monoisotopic (exact) mass is 497 g/mol. The zero-order valence-electron chi connectivity index (χ0n) is 21.5. The molecule has 9 heteroatoms. The molecule has 1 rings (SSSR count). The van der Waals surface area contributed by atoms with E-state index in [2.05, 4.69) is 39.2 Å². The maximum absolute atomic E-state index is 12.4. The topological polar surface area (TPSA) is 114 Å². The van der Waals surface area contributed by atoms with Crippen molar-refractivity contribution in [1.82, 2.24) is 5.32 Å². The van der Waals surface area contributed by atoms with Crippen LogP contribution in [-0.4, -0.2) is 62.1 Å². The predicted octanol–water partition coefficient (Wildman–Crippen LogP) is 4.15. The number of ether oxygens (including phenoxy) is 2. The van der Waals surface area contributed by atoms with Crippen LogP contribution in [0.4, 0.5) is 4.79 Å². The summed E-state index contributed by atoms with van der Waals surface area (Å²) >= 11 is 0. The van der Waals surface area contributed by atoms with Gasteiger partial charge in [0.2, 0.25) is 0 Å². The van der Waals surface area contributed by atoms with E-state index in [0.717, 1.165) is 18.4 Å². The number of carbonyl (C=O) groups excluding carboxylic acids is 2. The van der Waals surface area contributed by atoms with Crippen LogP contribution < -0.4 is 5.32 Å². The lowest BCUT2D eigenvalue weighted by molar-refractivity contribution is -0.146. The van der Waals surface area contributed by atoms with Gasteiger partial charge in [-0.25, -0.2) is 4.79 Å². The van der Waals surface area contributed by atoms with E-state index in [0.29, 0.717) is 6.61 Å². The number of esters is 1. The minimum absolute atomic E-state index is 0.0575. The number of carbonyl (C=O) groups is 2. The Kier molecular flexibility index (Phi) is 12.8. The Bertz CT molecular complexity index is 737. The molecule has 34 heavy (non-hydrogen) atoms. The van der Waals surface area contributed by atoms with E-state index < -0.39 is 38.6 Å². The predicted molar refractivity (Wildman–Crippen MR) is 134 cm³/mol. The normalized spacial score (nSPS) is 14.7. The maximum atomic E-state index is 12.4. The quantitative estimate of drug-likeness (QED) is 0.201. The molecule has 0 aliphatic carbocycles. The minimum atomic E-state index is -2.16. The molecule has 8 nitrogen and oxygen atoms in total. The maximum Gasteiger partial charge on any atom is 0.407 e. The molecule has 0 bridgehead atoms. The Morgan fingerprint density at radius 2 is 1.74 bits per heavy atom. The zero-order valence-corrected chi connectivity index (χ0v) is 22.5. The van der Waals surface area contributed by atoms with Gasteiger partial charge in [-0.05, 0) is 30.1 Å². The molecular formula is C25H43NO7Si. The molecule has 0 fully saturated rings. The number of amides is 1. The number of unbranched alkanes of at least 4 members (excludes halogenated alkanes) is 1. The third-order valence-corrected chi connectivity index (χ3v) is 10.6. The van der Waals surface area contributed by atoms with Crippen LogP contribution in [0.2, 0.25) is 18.1 Å². The van der Waals surface area contributed by atoms with Gasteiger partial charge < -0.3 is 29.4 Å². The molecule has 0 aliphatic heterocycles. The molecule has 0 saturated carbocycles. The molecular weight excluding hydrogens is 454 g/mol. The first-order valence-electron chi connectivity index (χ1n) is 12.0. The number of benzene rings is 1. The average Bonchev–Trinajstić information content (AvgIpc) is 2.75. The second kappa shape index (κ2) is 14.5. The number of hydrogen-bond acceptors (Lipinski definition) is 7. The lowest BCUT2D eigenvalue weighted by Gasteiger charge is -2.38. The summed E-state index contributed by atoms with van der Waals surface area (Å²) in [6.07, 6.45) is -1.64. The van der Waals surface area contributed by atoms with Crippen molar-refractivity contribution < 1.29 is 33.7 Å². The van der Waals surface area contributed by atoms with E-state index in [1.54, 1.807) is 0 Å². The smallest absolute Gasteiger partial charge is 0.407 e.